The number of carbonyl (C=O) groups is 2. The number of hydrogen-bond acceptors (Lipinski definition) is 5. The maximum absolute atomic E-state index is 11.8. The van der Waals surface area contributed by atoms with E-state index in [1.807, 2.05) is 13.8 Å². The summed E-state index contributed by atoms with van der Waals surface area (Å²) in [6.07, 6.45) is -1.01. The molecular weight excluding hydrogens is 274 g/mol. The zero-order chi connectivity index (χ0) is 16.6. The van der Waals surface area contributed by atoms with Crippen molar-refractivity contribution in [2.75, 3.05) is 6.61 Å². The fraction of sp³-hybridized carbons (Fsp3) is 0.867. The summed E-state index contributed by atoms with van der Waals surface area (Å²) in [7, 11) is 0. The molecule has 0 heterocycles. The summed E-state index contributed by atoms with van der Waals surface area (Å²) in [6.45, 7) is 11.1. The Labute approximate surface area is 127 Å². The molecule has 0 aliphatic carbocycles. The third-order valence-electron chi connectivity index (χ3n) is 3.04. The molecule has 0 fully saturated rings. The zero-order valence-corrected chi connectivity index (χ0v) is 13.9. The van der Waals surface area contributed by atoms with Gasteiger partial charge in [0, 0.05) is 0 Å². The first-order valence-corrected chi connectivity index (χ1v) is 7.43. The molecule has 6 nitrogen and oxygen atoms in total. The molecule has 0 bridgehead atoms. The van der Waals surface area contributed by atoms with Gasteiger partial charge in [-0.15, -0.1) is 0 Å². The number of aliphatic hydroxyl groups excluding tert-OH is 1. The molecule has 0 rings (SSSR count). The van der Waals surface area contributed by atoms with Crippen LogP contribution in [0, 0.1) is 5.92 Å². The Hall–Kier alpha value is -1.30. The lowest BCUT2D eigenvalue weighted by molar-refractivity contribution is -0.146. The van der Waals surface area contributed by atoms with Crippen molar-refractivity contribution in [1.82, 2.24) is 5.32 Å². The molecule has 0 aromatic heterocycles. The number of carbonyl (C=O) groups excluding carboxylic acids is 2. The van der Waals surface area contributed by atoms with Crippen LogP contribution < -0.4 is 5.32 Å². The maximum Gasteiger partial charge on any atom is 0.407 e. The van der Waals surface area contributed by atoms with E-state index in [1.165, 1.54) is 0 Å². The van der Waals surface area contributed by atoms with E-state index < -0.39 is 29.8 Å². The Morgan fingerprint density at radius 3 is 2.24 bits per heavy atom. The molecule has 6 heteroatoms. The van der Waals surface area contributed by atoms with Crippen molar-refractivity contribution in [3.63, 3.8) is 0 Å². The summed E-state index contributed by atoms with van der Waals surface area (Å²) in [4.78, 5) is 23.3. The van der Waals surface area contributed by atoms with Crippen molar-refractivity contribution < 1.29 is 24.2 Å². The van der Waals surface area contributed by atoms with Gasteiger partial charge in [-0.2, -0.15) is 0 Å². The molecule has 3 atom stereocenters. The van der Waals surface area contributed by atoms with E-state index in [0.717, 1.165) is 6.42 Å². The van der Waals surface area contributed by atoms with Crippen LogP contribution in [0.25, 0.3) is 0 Å². The van der Waals surface area contributed by atoms with E-state index in [0.29, 0.717) is 0 Å². The molecule has 21 heavy (non-hydrogen) atoms. The van der Waals surface area contributed by atoms with Crippen molar-refractivity contribution in [2.24, 2.45) is 5.92 Å². The first kappa shape index (κ1) is 19.7. The minimum Gasteiger partial charge on any atom is -0.466 e. The zero-order valence-electron chi connectivity index (χ0n) is 13.9. The lowest BCUT2D eigenvalue weighted by Crippen LogP contribution is -2.49. The summed E-state index contributed by atoms with van der Waals surface area (Å²) in [5.41, 5.74) is -0.615. The maximum atomic E-state index is 11.8. The molecular formula is C15H29NO5. The molecule has 1 amide bonds. The van der Waals surface area contributed by atoms with Gasteiger partial charge in [-0.1, -0.05) is 20.3 Å². The third-order valence-corrected chi connectivity index (χ3v) is 3.04. The minimum absolute atomic E-state index is 0.00180. The van der Waals surface area contributed by atoms with Crippen molar-refractivity contribution in [1.29, 1.82) is 0 Å². The van der Waals surface area contributed by atoms with Gasteiger partial charge in [0.15, 0.2) is 0 Å². The highest BCUT2D eigenvalue weighted by molar-refractivity contribution is 5.71. The van der Waals surface area contributed by atoms with Gasteiger partial charge in [-0.05, 0) is 33.6 Å². The summed E-state index contributed by atoms with van der Waals surface area (Å²) >= 11 is 0. The average molecular weight is 303 g/mol. The van der Waals surface area contributed by atoms with E-state index in [1.54, 1.807) is 27.7 Å². The predicted molar refractivity (Wildman–Crippen MR) is 79.9 cm³/mol. The predicted octanol–water partition coefficient (Wildman–Crippen LogP) is 2.24. The monoisotopic (exact) mass is 303 g/mol. The second kappa shape index (κ2) is 8.87. The normalized spacial score (nSPS) is 15.8. The largest absolute Gasteiger partial charge is 0.466 e. The van der Waals surface area contributed by atoms with E-state index in [2.05, 4.69) is 5.32 Å². The van der Waals surface area contributed by atoms with Crippen LogP contribution in [0.3, 0.4) is 0 Å². The van der Waals surface area contributed by atoms with Crippen LogP contribution in [-0.4, -0.2) is 41.5 Å². The van der Waals surface area contributed by atoms with Gasteiger partial charge in [0.25, 0.3) is 0 Å². The summed E-state index contributed by atoms with van der Waals surface area (Å²) in [5.74, 6) is -0.480. The molecule has 0 saturated carbocycles. The quantitative estimate of drug-likeness (QED) is 0.705. The SMILES string of the molecule is CCOC(=O)C[C@H](O)[C@H](NC(=O)OC(C)(C)C)[C@H](C)CC. The summed E-state index contributed by atoms with van der Waals surface area (Å²) in [5, 5.41) is 12.8. The van der Waals surface area contributed by atoms with Crippen LogP contribution in [0.4, 0.5) is 4.79 Å². The van der Waals surface area contributed by atoms with Crippen LogP contribution in [-0.2, 0) is 14.3 Å². The fourth-order valence-electron chi connectivity index (χ4n) is 1.83. The molecule has 0 aromatic carbocycles. The molecule has 0 aliphatic rings. The van der Waals surface area contributed by atoms with E-state index >= 15 is 0 Å². The highest BCUT2D eigenvalue weighted by Crippen LogP contribution is 2.16. The smallest absolute Gasteiger partial charge is 0.407 e. The van der Waals surface area contributed by atoms with Gasteiger partial charge in [-0.3, -0.25) is 4.79 Å². The van der Waals surface area contributed by atoms with Crippen LogP contribution in [0.2, 0.25) is 0 Å². The highest BCUT2D eigenvalue weighted by atomic mass is 16.6. The number of ether oxygens (including phenoxy) is 2. The number of rotatable bonds is 7. The Morgan fingerprint density at radius 1 is 1.24 bits per heavy atom. The van der Waals surface area contributed by atoms with Gasteiger partial charge in [0.05, 0.1) is 25.2 Å². The Kier molecular flexibility index (Phi) is 8.32. The summed E-state index contributed by atoms with van der Waals surface area (Å²) < 4.78 is 10.0. The van der Waals surface area contributed by atoms with Crippen molar-refractivity contribution in [3.05, 3.63) is 0 Å². The minimum atomic E-state index is -1.01. The van der Waals surface area contributed by atoms with Crippen LogP contribution >= 0.6 is 0 Å². The molecule has 0 radical (unpaired) electrons. The topological polar surface area (TPSA) is 84.9 Å². The standard InChI is InChI=1S/C15H29NO5/c1-7-10(3)13(11(17)9-12(18)20-8-2)16-14(19)21-15(4,5)6/h10-11,13,17H,7-9H2,1-6H3,(H,16,19)/t10-,11+,13-/m1/s1. The Bertz CT molecular complexity index is 337. The van der Waals surface area contributed by atoms with E-state index in [-0.39, 0.29) is 18.9 Å². The van der Waals surface area contributed by atoms with Gasteiger partial charge < -0.3 is 19.9 Å². The number of aliphatic hydroxyl groups is 1. The average Bonchev–Trinajstić information content (AvgIpc) is 2.32. The number of hydrogen-bond donors (Lipinski definition) is 2. The molecule has 0 aliphatic heterocycles. The van der Waals surface area contributed by atoms with Crippen LogP contribution in [0.15, 0.2) is 0 Å². The Balaban J connectivity index is 4.72. The van der Waals surface area contributed by atoms with Gasteiger partial charge in [0.1, 0.15) is 5.60 Å². The number of amides is 1. The van der Waals surface area contributed by atoms with Crippen LogP contribution in [0.1, 0.15) is 54.4 Å². The van der Waals surface area contributed by atoms with Crippen molar-refractivity contribution >= 4 is 12.1 Å². The van der Waals surface area contributed by atoms with Gasteiger partial charge >= 0.3 is 12.1 Å². The second-order valence-electron chi connectivity index (χ2n) is 6.13. The van der Waals surface area contributed by atoms with Gasteiger partial charge in [0.2, 0.25) is 0 Å². The Morgan fingerprint density at radius 2 is 1.81 bits per heavy atom. The lowest BCUT2D eigenvalue weighted by Gasteiger charge is -2.30. The number of esters is 1. The molecule has 0 spiro atoms. The molecule has 124 valence electrons. The number of nitrogens with one attached hydrogen (secondary N) is 1. The van der Waals surface area contributed by atoms with Crippen molar-refractivity contribution in [2.45, 2.75) is 72.1 Å². The molecule has 0 saturated heterocycles. The highest BCUT2D eigenvalue weighted by Gasteiger charge is 2.30. The lowest BCUT2D eigenvalue weighted by atomic mass is 9.93. The fourth-order valence-corrected chi connectivity index (χ4v) is 1.83. The third kappa shape index (κ3) is 8.55. The second-order valence-corrected chi connectivity index (χ2v) is 6.13. The molecule has 0 unspecified atom stereocenters. The first-order valence-electron chi connectivity index (χ1n) is 7.43. The molecule has 0 aromatic rings. The van der Waals surface area contributed by atoms with E-state index in [4.69, 9.17) is 9.47 Å². The van der Waals surface area contributed by atoms with Gasteiger partial charge in [-0.25, -0.2) is 4.79 Å². The van der Waals surface area contributed by atoms with Crippen molar-refractivity contribution in [3.8, 4) is 0 Å². The number of alkyl carbamates (subject to hydrolysis) is 1. The summed E-state index contributed by atoms with van der Waals surface area (Å²) in [6, 6.07) is -0.561. The molecule has 2 N–H and O–H groups in total. The first-order chi connectivity index (χ1) is 9.60. The van der Waals surface area contributed by atoms with E-state index in [9.17, 15) is 14.7 Å². The van der Waals surface area contributed by atoms with Crippen LogP contribution in [0.5, 0.6) is 0 Å².